The molecule has 0 fully saturated rings. The summed E-state index contributed by atoms with van der Waals surface area (Å²) in [7, 11) is 0. The van der Waals surface area contributed by atoms with E-state index in [0.717, 1.165) is 23.1 Å². The summed E-state index contributed by atoms with van der Waals surface area (Å²) < 4.78 is 18.1. The summed E-state index contributed by atoms with van der Waals surface area (Å²) in [5.74, 6) is 0.549. The van der Waals surface area contributed by atoms with Crippen molar-refractivity contribution in [2.24, 2.45) is 0 Å². The van der Waals surface area contributed by atoms with Crippen molar-refractivity contribution in [3.8, 4) is 5.75 Å². The Hall–Kier alpha value is -0.570. The molecule has 0 spiro atoms. The van der Waals surface area contributed by atoms with Crippen molar-refractivity contribution >= 4 is 15.9 Å². The quantitative estimate of drug-likeness (QED) is 0.588. The van der Waals surface area contributed by atoms with E-state index >= 15 is 0 Å². The lowest BCUT2D eigenvalue weighted by Crippen LogP contribution is -1.99. The van der Waals surface area contributed by atoms with Gasteiger partial charge in [0.2, 0.25) is 0 Å². The number of aryl methyl sites for hydroxylation is 1. The second kappa shape index (κ2) is 8.72. The van der Waals surface area contributed by atoms with Gasteiger partial charge in [0.25, 0.3) is 0 Å². The minimum atomic E-state index is -0.217. The molecule has 0 unspecified atom stereocenters. The first-order chi connectivity index (χ1) is 7.24. The molecule has 0 N–H and O–H groups in total. The Balaban J connectivity index is 0.000000921. The Morgan fingerprint density at radius 2 is 2.00 bits per heavy atom. The van der Waals surface area contributed by atoms with Gasteiger partial charge in [0.15, 0.2) is 0 Å². The van der Waals surface area contributed by atoms with E-state index < -0.39 is 0 Å². The highest BCUT2D eigenvalue weighted by molar-refractivity contribution is 9.09. The van der Waals surface area contributed by atoms with Gasteiger partial charge in [-0.25, -0.2) is 4.39 Å². The molecule has 0 aliphatic carbocycles. The molecule has 3 heteroatoms. The maximum atomic E-state index is 12.7. The summed E-state index contributed by atoms with van der Waals surface area (Å²) in [4.78, 5) is 0. The molecule has 1 aromatic rings. The second-order valence-corrected chi connectivity index (χ2v) is 3.59. The van der Waals surface area contributed by atoms with Crippen LogP contribution in [-0.4, -0.2) is 11.9 Å². The van der Waals surface area contributed by atoms with Crippen molar-refractivity contribution in [2.75, 3.05) is 11.9 Å². The predicted octanol–water partition coefficient (Wildman–Crippen LogP) is 4.32. The molecule has 0 saturated carbocycles. The highest BCUT2D eigenvalue weighted by Gasteiger charge is 1.99. The molecule has 0 amide bonds. The van der Waals surface area contributed by atoms with Gasteiger partial charge >= 0.3 is 0 Å². The number of hydrogen-bond acceptors (Lipinski definition) is 1. The molecule has 0 aromatic heterocycles. The van der Waals surface area contributed by atoms with Crippen LogP contribution in [0.5, 0.6) is 5.75 Å². The van der Waals surface area contributed by atoms with Crippen LogP contribution >= 0.6 is 15.9 Å². The normalized spacial score (nSPS) is 9.13. The van der Waals surface area contributed by atoms with Crippen LogP contribution in [0.1, 0.15) is 25.8 Å². The van der Waals surface area contributed by atoms with E-state index in [1.165, 1.54) is 12.1 Å². The predicted molar refractivity (Wildman–Crippen MR) is 66.4 cm³/mol. The SMILES string of the molecule is CC.Cc1cc(F)ccc1OCCCBr. The Morgan fingerprint density at radius 1 is 1.33 bits per heavy atom. The van der Waals surface area contributed by atoms with Crippen LogP contribution in [-0.2, 0) is 0 Å². The fourth-order valence-electron chi connectivity index (χ4n) is 1.01. The zero-order valence-electron chi connectivity index (χ0n) is 9.52. The van der Waals surface area contributed by atoms with Crippen LogP contribution in [0.2, 0.25) is 0 Å². The van der Waals surface area contributed by atoms with E-state index in [9.17, 15) is 4.39 Å². The van der Waals surface area contributed by atoms with Gasteiger partial charge in [0.1, 0.15) is 11.6 Å². The monoisotopic (exact) mass is 276 g/mol. The first kappa shape index (κ1) is 14.4. The van der Waals surface area contributed by atoms with Gasteiger partial charge < -0.3 is 4.74 Å². The van der Waals surface area contributed by atoms with E-state index in [2.05, 4.69) is 15.9 Å². The Morgan fingerprint density at radius 3 is 2.53 bits per heavy atom. The Bertz CT molecular complexity index is 276. The Labute approximate surface area is 99.8 Å². The van der Waals surface area contributed by atoms with Crippen molar-refractivity contribution in [1.82, 2.24) is 0 Å². The van der Waals surface area contributed by atoms with Crippen LogP contribution in [0.4, 0.5) is 4.39 Å². The zero-order chi connectivity index (χ0) is 11.7. The van der Waals surface area contributed by atoms with Gasteiger partial charge in [0, 0.05) is 5.33 Å². The van der Waals surface area contributed by atoms with Crippen LogP contribution in [0.3, 0.4) is 0 Å². The summed E-state index contributed by atoms with van der Waals surface area (Å²) in [6.07, 6.45) is 0.955. The summed E-state index contributed by atoms with van der Waals surface area (Å²) in [5.41, 5.74) is 0.842. The van der Waals surface area contributed by atoms with Crippen molar-refractivity contribution in [3.05, 3.63) is 29.6 Å². The summed E-state index contributed by atoms with van der Waals surface area (Å²) in [6, 6.07) is 4.55. The molecule has 1 aromatic carbocycles. The van der Waals surface area contributed by atoms with Gasteiger partial charge in [-0.05, 0) is 37.1 Å². The average Bonchev–Trinajstić information content (AvgIpc) is 2.24. The minimum Gasteiger partial charge on any atom is -0.493 e. The highest BCUT2D eigenvalue weighted by Crippen LogP contribution is 2.18. The maximum absolute atomic E-state index is 12.7. The first-order valence-electron chi connectivity index (χ1n) is 5.19. The number of rotatable bonds is 4. The van der Waals surface area contributed by atoms with E-state index in [1.54, 1.807) is 6.07 Å². The first-order valence-corrected chi connectivity index (χ1v) is 6.31. The second-order valence-electron chi connectivity index (χ2n) is 2.80. The third-order valence-corrected chi connectivity index (χ3v) is 2.23. The van der Waals surface area contributed by atoms with Gasteiger partial charge in [-0.2, -0.15) is 0 Å². The number of halogens is 2. The van der Waals surface area contributed by atoms with Crippen LogP contribution in [0.25, 0.3) is 0 Å². The lowest BCUT2D eigenvalue weighted by molar-refractivity contribution is 0.316. The molecular formula is C12H18BrFO. The van der Waals surface area contributed by atoms with Crippen molar-refractivity contribution in [3.63, 3.8) is 0 Å². The topological polar surface area (TPSA) is 9.23 Å². The molecule has 1 rings (SSSR count). The Kier molecular flexibility index (Phi) is 8.38. The van der Waals surface area contributed by atoms with Crippen LogP contribution in [0.15, 0.2) is 18.2 Å². The van der Waals surface area contributed by atoms with Crippen molar-refractivity contribution in [2.45, 2.75) is 27.2 Å². The third kappa shape index (κ3) is 5.78. The van der Waals surface area contributed by atoms with Crippen molar-refractivity contribution in [1.29, 1.82) is 0 Å². The highest BCUT2D eigenvalue weighted by atomic mass is 79.9. The van der Waals surface area contributed by atoms with Gasteiger partial charge in [-0.3, -0.25) is 0 Å². The molecule has 0 heterocycles. The smallest absolute Gasteiger partial charge is 0.123 e. The van der Waals surface area contributed by atoms with Crippen molar-refractivity contribution < 1.29 is 9.13 Å². The molecule has 0 bridgehead atoms. The third-order valence-electron chi connectivity index (χ3n) is 1.67. The molecule has 0 aliphatic rings. The zero-order valence-corrected chi connectivity index (χ0v) is 11.1. The van der Waals surface area contributed by atoms with E-state index in [-0.39, 0.29) is 5.82 Å². The minimum absolute atomic E-state index is 0.217. The maximum Gasteiger partial charge on any atom is 0.123 e. The molecule has 15 heavy (non-hydrogen) atoms. The fourth-order valence-corrected chi connectivity index (χ4v) is 1.24. The molecule has 0 aliphatic heterocycles. The van der Waals surface area contributed by atoms with Gasteiger partial charge in [-0.1, -0.05) is 29.8 Å². The summed E-state index contributed by atoms with van der Waals surface area (Å²) >= 11 is 3.31. The number of ether oxygens (including phenoxy) is 1. The molecular weight excluding hydrogens is 259 g/mol. The van der Waals surface area contributed by atoms with E-state index in [0.29, 0.717) is 6.61 Å². The summed E-state index contributed by atoms with van der Waals surface area (Å²) in [6.45, 7) is 6.50. The number of benzene rings is 1. The van der Waals surface area contributed by atoms with Gasteiger partial charge in [-0.15, -0.1) is 0 Å². The lowest BCUT2D eigenvalue weighted by Gasteiger charge is -2.07. The summed E-state index contributed by atoms with van der Waals surface area (Å²) in [5, 5.41) is 0.924. The molecule has 0 saturated heterocycles. The standard InChI is InChI=1S/C10H12BrFO.C2H6/c1-8-7-9(12)3-4-10(8)13-6-2-5-11;1-2/h3-4,7H,2,5-6H2,1H3;1-2H3. The van der Waals surface area contributed by atoms with Crippen LogP contribution < -0.4 is 4.74 Å². The molecule has 1 nitrogen and oxygen atoms in total. The van der Waals surface area contributed by atoms with Gasteiger partial charge in [0.05, 0.1) is 6.61 Å². The number of alkyl halides is 1. The molecule has 86 valence electrons. The van der Waals surface area contributed by atoms with E-state index in [4.69, 9.17) is 4.74 Å². The van der Waals surface area contributed by atoms with E-state index in [1.807, 2.05) is 20.8 Å². The lowest BCUT2D eigenvalue weighted by atomic mass is 10.2. The number of hydrogen-bond donors (Lipinski definition) is 0. The molecule has 0 atom stereocenters. The fraction of sp³-hybridized carbons (Fsp3) is 0.500. The van der Waals surface area contributed by atoms with Crippen LogP contribution in [0, 0.1) is 12.7 Å². The average molecular weight is 277 g/mol. The molecule has 0 radical (unpaired) electrons. The largest absolute Gasteiger partial charge is 0.493 e.